The molecule has 1 aromatic heterocycles. The Kier molecular flexibility index (Phi) is 2.46. The molecule has 1 heterocycles. The summed E-state index contributed by atoms with van der Waals surface area (Å²) in [4.78, 5) is 11.0. The van der Waals surface area contributed by atoms with Crippen LogP contribution in [0.15, 0.2) is 34.9 Å². The van der Waals surface area contributed by atoms with Crippen LogP contribution in [0.5, 0.6) is 0 Å². The van der Waals surface area contributed by atoms with Gasteiger partial charge in [0.15, 0.2) is 0 Å². The monoisotopic (exact) mass is 204 g/mol. The van der Waals surface area contributed by atoms with Crippen LogP contribution in [0, 0.1) is 0 Å². The van der Waals surface area contributed by atoms with Gasteiger partial charge in [-0.3, -0.25) is 4.79 Å². The van der Waals surface area contributed by atoms with Gasteiger partial charge in [-0.25, -0.2) is 0 Å². The molecule has 0 radical (unpaired) electrons. The average molecular weight is 204 g/mol. The number of carboxylic acid groups (broad SMARTS) is 1. The molecule has 0 fully saturated rings. The number of aliphatic carboxylic acids is 1. The van der Waals surface area contributed by atoms with Crippen molar-refractivity contribution in [2.45, 2.75) is 19.3 Å². The van der Waals surface area contributed by atoms with Gasteiger partial charge in [0, 0.05) is 10.9 Å². The Balaban J connectivity index is 2.55. The minimum absolute atomic E-state index is 0.478. The molecule has 0 aliphatic carbocycles. The molecule has 1 N–H and O–H groups in total. The number of rotatable bonds is 3. The van der Waals surface area contributed by atoms with E-state index < -0.39 is 11.9 Å². The molecular formula is C12H12O3. The van der Waals surface area contributed by atoms with Crippen LogP contribution in [-0.2, 0) is 4.79 Å². The zero-order chi connectivity index (χ0) is 10.8. The molecular weight excluding hydrogens is 192 g/mol. The summed E-state index contributed by atoms with van der Waals surface area (Å²) in [6.07, 6.45) is 2.12. The van der Waals surface area contributed by atoms with E-state index in [4.69, 9.17) is 9.52 Å². The number of para-hydroxylation sites is 1. The largest absolute Gasteiger partial charge is 0.481 e. The third-order valence-electron chi connectivity index (χ3n) is 2.59. The normalized spacial score (nSPS) is 12.9. The second kappa shape index (κ2) is 3.77. The van der Waals surface area contributed by atoms with Crippen molar-refractivity contribution in [3.05, 3.63) is 36.1 Å². The summed E-state index contributed by atoms with van der Waals surface area (Å²) in [6.45, 7) is 1.86. The second-order valence-corrected chi connectivity index (χ2v) is 3.49. The molecule has 0 aliphatic rings. The van der Waals surface area contributed by atoms with E-state index in [1.54, 1.807) is 6.26 Å². The van der Waals surface area contributed by atoms with Gasteiger partial charge in [-0.1, -0.05) is 25.1 Å². The molecule has 2 aromatic rings. The standard InChI is InChI=1S/C12H12O3/c1-2-8(12(13)14)10-7-15-11-6-4-3-5-9(10)11/h3-8H,2H2,1H3,(H,13,14). The third kappa shape index (κ3) is 1.61. The van der Waals surface area contributed by atoms with Crippen LogP contribution in [0.1, 0.15) is 24.8 Å². The van der Waals surface area contributed by atoms with Crippen molar-refractivity contribution in [3.63, 3.8) is 0 Å². The molecule has 0 spiro atoms. The lowest BCUT2D eigenvalue weighted by Crippen LogP contribution is -2.09. The molecule has 3 heteroatoms. The zero-order valence-electron chi connectivity index (χ0n) is 8.43. The molecule has 0 aliphatic heterocycles. The summed E-state index contributed by atoms with van der Waals surface area (Å²) in [5, 5.41) is 9.96. The summed E-state index contributed by atoms with van der Waals surface area (Å²) in [5.41, 5.74) is 1.51. The zero-order valence-corrected chi connectivity index (χ0v) is 8.43. The Labute approximate surface area is 87.3 Å². The van der Waals surface area contributed by atoms with E-state index >= 15 is 0 Å². The Hall–Kier alpha value is -1.77. The Morgan fingerprint density at radius 1 is 1.47 bits per heavy atom. The predicted octanol–water partition coefficient (Wildman–Crippen LogP) is 3.01. The van der Waals surface area contributed by atoms with Crippen LogP contribution >= 0.6 is 0 Å². The van der Waals surface area contributed by atoms with E-state index in [-0.39, 0.29) is 0 Å². The molecule has 2 rings (SSSR count). The minimum Gasteiger partial charge on any atom is -0.481 e. The van der Waals surface area contributed by atoms with E-state index in [0.717, 1.165) is 16.5 Å². The Morgan fingerprint density at radius 3 is 2.87 bits per heavy atom. The number of fused-ring (bicyclic) bond motifs is 1. The fourth-order valence-electron chi connectivity index (χ4n) is 1.80. The highest BCUT2D eigenvalue weighted by Gasteiger charge is 2.21. The maximum atomic E-state index is 11.0. The van der Waals surface area contributed by atoms with Crippen LogP contribution < -0.4 is 0 Å². The van der Waals surface area contributed by atoms with Crippen molar-refractivity contribution in [2.75, 3.05) is 0 Å². The van der Waals surface area contributed by atoms with Gasteiger partial charge in [-0.05, 0) is 12.5 Å². The van der Waals surface area contributed by atoms with Crippen molar-refractivity contribution in [3.8, 4) is 0 Å². The number of furan rings is 1. The van der Waals surface area contributed by atoms with Crippen LogP contribution in [-0.4, -0.2) is 11.1 Å². The highest BCUT2D eigenvalue weighted by Crippen LogP contribution is 2.29. The first-order chi connectivity index (χ1) is 7.24. The van der Waals surface area contributed by atoms with Gasteiger partial charge in [-0.15, -0.1) is 0 Å². The summed E-state index contributed by atoms with van der Waals surface area (Å²) < 4.78 is 5.32. The smallest absolute Gasteiger partial charge is 0.311 e. The van der Waals surface area contributed by atoms with Gasteiger partial charge >= 0.3 is 5.97 Å². The molecule has 0 amide bonds. The number of hydrogen-bond acceptors (Lipinski definition) is 2. The highest BCUT2D eigenvalue weighted by atomic mass is 16.4. The van der Waals surface area contributed by atoms with Gasteiger partial charge in [0.1, 0.15) is 5.58 Å². The van der Waals surface area contributed by atoms with Crippen molar-refractivity contribution in [1.82, 2.24) is 0 Å². The molecule has 78 valence electrons. The third-order valence-corrected chi connectivity index (χ3v) is 2.59. The van der Waals surface area contributed by atoms with Crippen LogP contribution in [0.3, 0.4) is 0 Å². The predicted molar refractivity (Wildman–Crippen MR) is 56.9 cm³/mol. The lowest BCUT2D eigenvalue weighted by Gasteiger charge is -2.06. The summed E-state index contributed by atoms with van der Waals surface area (Å²) in [6, 6.07) is 7.49. The number of carbonyl (C=O) groups is 1. The van der Waals surface area contributed by atoms with Crippen LogP contribution in [0.25, 0.3) is 11.0 Å². The SMILES string of the molecule is CCC(C(=O)O)c1coc2ccccc12. The van der Waals surface area contributed by atoms with E-state index in [1.165, 1.54) is 0 Å². The Bertz CT molecular complexity index is 484. The van der Waals surface area contributed by atoms with Crippen molar-refractivity contribution >= 4 is 16.9 Å². The lowest BCUT2D eigenvalue weighted by atomic mass is 9.96. The molecule has 1 aromatic carbocycles. The fraction of sp³-hybridized carbons (Fsp3) is 0.250. The highest BCUT2D eigenvalue weighted by molar-refractivity contribution is 5.87. The Morgan fingerprint density at radius 2 is 2.20 bits per heavy atom. The van der Waals surface area contributed by atoms with Gasteiger partial charge in [0.25, 0.3) is 0 Å². The van der Waals surface area contributed by atoms with E-state index in [9.17, 15) is 4.79 Å². The molecule has 0 bridgehead atoms. The van der Waals surface area contributed by atoms with E-state index in [0.29, 0.717) is 6.42 Å². The molecule has 15 heavy (non-hydrogen) atoms. The van der Waals surface area contributed by atoms with Crippen molar-refractivity contribution < 1.29 is 14.3 Å². The first kappa shape index (κ1) is 9.77. The van der Waals surface area contributed by atoms with Crippen molar-refractivity contribution in [1.29, 1.82) is 0 Å². The topological polar surface area (TPSA) is 50.4 Å². The maximum absolute atomic E-state index is 11.0. The maximum Gasteiger partial charge on any atom is 0.311 e. The van der Waals surface area contributed by atoms with Crippen LogP contribution in [0.4, 0.5) is 0 Å². The van der Waals surface area contributed by atoms with E-state index in [1.807, 2.05) is 31.2 Å². The number of hydrogen-bond donors (Lipinski definition) is 1. The lowest BCUT2D eigenvalue weighted by molar-refractivity contribution is -0.138. The number of carboxylic acids is 1. The number of benzene rings is 1. The molecule has 0 saturated heterocycles. The summed E-state index contributed by atoms with van der Waals surface area (Å²) >= 11 is 0. The molecule has 1 atom stereocenters. The van der Waals surface area contributed by atoms with Crippen molar-refractivity contribution in [2.24, 2.45) is 0 Å². The van der Waals surface area contributed by atoms with Gasteiger partial charge in [-0.2, -0.15) is 0 Å². The van der Waals surface area contributed by atoms with Crippen LogP contribution in [0.2, 0.25) is 0 Å². The van der Waals surface area contributed by atoms with E-state index in [2.05, 4.69) is 0 Å². The average Bonchev–Trinajstić information content (AvgIpc) is 2.63. The van der Waals surface area contributed by atoms with Gasteiger partial charge in [0.05, 0.1) is 12.2 Å². The quantitative estimate of drug-likeness (QED) is 0.836. The summed E-state index contributed by atoms with van der Waals surface area (Å²) in [7, 11) is 0. The summed E-state index contributed by atoms with van der Waals surface area (Å²) in [5.74, 6) is -1.28. The van der Waals surface area contributed by atoms with Gasteiger partial charge in [0.2, 0.25) is 0 Å². The first-order valence-corrected chi connectivity index (χ1v) is 4.93. The van der Waals surface area contributed by atoms with Gasteiger partial charge < -0.3 is 9.52 Å². The molecule has 3 nitrogen and oxygen atoms in total. The minimum atomic E-state index is -0.802. The molecule has 0 saturated carbocycles. The fourth-order valence-corrected chi connectivity index (χ4v) is 1.80. The molecule has 1 unspecified atom stereocenters. The first-order valence-electron chi connectivity index (χ1n) is 4.93. The second-order valence-electron chi connectivity index (χ2n) is 3.49.